The van der Waals surface area contributed by atoms with Gasteiger partial charge in [-0.25, -0.2) is 0 Å². The summed E-state index contributed by atoms with van der Waals surface area (Å²) in [6.45, 7) is 4.54. The van der Waals surface area contributed by atoms with Gasteiger partial charge in [-0.15, -0.1) is 0 Å². The van der Waals surface area contributed by atoms with Crippen LogP contribution in [0.5, 0.6) is 5.75 Å². The summed E-state index contributed by atoms with van der Waals surface area (Å²) in [5.41, 5.74) is 3.15. The van der Waals surface area contributed by atoms with Gasteiger partial charge < -0.3 is 30.7 Å². The molecule has 2 rings (SSSR count). The molecule has 2 aromatic rings. The number of ether oxygens (including phenoxy) is 1. The number of rotatable bonds is 18. The second-order valence-electron chi connectivity index (χ2n) is 8.89. The van der Waals surface area contributed by atoms with Crippen molar-refractivity contribution in [3.8, 4) is 5.75 Å². The Hall–Kier alpha value is -2.45. The van der Waals surface area contributed by atoms with Crippen LogP contribution in [0.15, 0.2) is 42.5 Å². The average molecular weight is 487 g/mol. The first kappa shape index (κ1) is 28.8. The Morgan fingerprint density at radius 1 is 1.00 bits per heavy atom. The summed E-state index contributed by atoms with van der Waals surface area (Å²) < 4.78 is 5.76. The molecule has 7 nitrogen and oxygen atoms in total. The number of anilines is 1. The van der Waals surface area contributed by atoms with E-state index in [0.29, 0.717) is 30.7 Å². The highest BCUT2D eigenvalue weighted by atomic mass is 16.5. The molecule has 0 aromatic heterocycles. The first-order chi connectivity index (χ1) is 17.0. The maximum Gasteiger partial charge on any atom is 0.224 e. The highest BCUT2D eigenvalue weighted by Crippen LogP contribution is 2.22. The number of unbranched alkanes of at least 4 members (excludes halogenated alkanes) is 4. The van der Waals surface area contributed by atoms with Crippen LogP contribution in [0.3, 0.4) is 0 Å². The van der Waals surface area contributed by atoms with Gasteiger partial charge in [-0.2, -0.15) is 0 Å². The van der Waals surface area contributed by atoms with Gasteiger partial charge in [0, 0.05) is 30.8 Å². The Kier molecular flexibility index (Phi) is 14.0. The highest BCUT2D eigenvalue weighted by Gasteiger charge is 2.10. The topological polar surface area (TPSA) is 111 Å². The second-order valence-corrected chi connectivity index (χ2v) is 8.89. The van der Waals surface area contributed by atoms with Crippen LogP contribution in [0.25, 0.3) is 0 Å². The lowest BCUT2D eigenvalue weighted by molar-refractivity contribution is -0.116. The lowest BCUT2D eigenvalue weighted by Gasteiger charge is -2.14. The third kappa shape index (κ3) is 11.7. The molecular formula is C28H42N2O5. The summed E-state index contributed by atoms with van der Waals surface area (Å²) in [7, 11) is 0. The zero-order valence-electron chi connectivity index (χ0n) is 21.0. The lowest BCUT2D eigenvalue weighted by Crippen LogP contribution is -2.22. The van der Waals surface area contributed by atoms with Gasteiger partial charge in [0.05, 0.1) is 19.3 Å². The van der Waals surface area contributed by atoms with Crippen molar-refractivity contribution in [3.05, 3.63) is 59.2 Å². The van der Waals surface area contributed by atoms with Crippen molar-refractivity contribution in [1.82, 2.24) is 5.32 Å². The number of aromatic hydroxyl groups is 1. The van der Waals surface area contributed by atoms with Crippen molar-refractivity contribution in [3.63, 3.8) is 0 Å². The van der Waals surface area contributed by atoms with E-state index in [1.54, 1.807) is 12.1 Å². The molecule has 0 heterocycles. The zero-order valence-corrected chi connectivity index (χ0v) is 21.0. The molecule has 0 aliphatic carbocycles. The van der Waals surface area contributed by atoms with E-state index in [4.69, 9.17) is 4.74 Å². The van der Waals surface area contributed by atoms with E-state index in [-0.39, 0.29) is 18.3 Å². The molecule has 0 radical (unpaired) electrons. The molecule has 0 saturated carbocycles. The van der Waals surface area contributed by atoms with Crippen LogP contribution in [0.4, 0.5) is 5.69 Å². The number of carbonyl (C=O) groups excluding carboxylic acids is 1. The fourth-order valence-electron chi connectivity index (χ4n) is 3.71. The van der Waals surface area contributed by atoms with Gasteiger partial charge in [0.25, 0.3) is 0 Å². The second kappa shape index (κ2) is 17.1. The maximum absolute atomic E-state index is 11.8. The highest BCUT2D eigenvalue weighted by molar-refractivity contribution is 5.90. The Balaban J connectivity index is 1.45. The van der Waals surface area contributed by atoms with Crippen LogP contribution < -0.4 is 10.6 Å². The molecule has 1 atom stereocenters. The minimum Gasteiger partial charge on any atom is -0.508 e. The van der Waals surface area contributed by atoms with Gasteiger partial charge >= 0.3 is 0 Å². The van der Waals surface area contributed by atoms with Crippen molar-refractivity contribution in [1.29, 1.82) is 0 Å². The smallest absolute Gasteiger partial charge is 0.224 e. The molecule has 0 fully saturated rings. The minimum absolute atomic E-state index is 0.0406. The number of phenols is 1. The van der Waals surface area contributed by atoms with Crippen LogP contribution in [0, 0.1) is 0 Å². The first-order valence-electron chi connectivity index (χ1n) is 12.8. The lowest BCUT2D eigenvalue weighted by atomic mass is 10.1. The number of amides is 1. The number of aliphatic hydroxyl groups excluding tert-OH is 2. The van der Waals surface area contributed by atoms with E-state index in [2.05, 4.69) is 17.6 Å². The number of nitrogens with one attached hydrogen (secondary N) is 2. The summed E-state index contributed by atoms with van der Waals surface area (Å²) in [5.74, 6) is 0.113. The van der Waals surface area contributed by atoms with Gasteiger partial charge in [-0.05, 0) is 67.6 Å². The van der Waals surface area contributed by atoms with Crippen molar-refractivity contribution in [2.75, 3.05) is 31.6 Å². The minimum atomic E-state index is -0.671. The van der Waals surface area contributed by atoms with Crippen LogP contribution in [0.2, 0.25) is 0 Å². The quantitative estimate of drug-likeness (QED) is 0.199. The van der Waals surface area contributed by atoms with Crippen molar-refractivity contribution < 1.29 is 24.9 Å². The molecule has 5 N–H and O–H groups in total. The van der Waals surface area contributed by atoms with E-state index < -0.39 is 6.10 Å². The molecule has 194 valence electrons. The Morgan fingerprint density at radius 3 is 2.51 bits per heavy atom. The van der Waals surface area contributed by atoms with Crippen LogP contribution in [0.1, 0.15) is 74.7 Å². The molecule has 2 aromatic carbocycles. The summed E-state index contributed by atoms with van der Waals surface area (Å²) in [6, 6.07) is 12.8. The fraction of sp³-hybridized carbons (Fsp3) is 0.536. The monoisotopic (exact) mass is 486 g/mol. The third-order valence-corrected chi connectivity index (χ3v) is 5.92. The van der Waals surface area contributed by atoms with Crippen LogP contribution in [-0.4, -0.2) is 47.5 Å². The molecule has 1 unspecified atom stereocenters. The molecule has 0 aliphatic heterocycles. The normalized spacial score (nSPS) is 12.0. The molecule has 1 amide bonds. The third-order valence-electron chi connectivity index (χ3n) is 5.92. The predicted molar refractivity (Wildman–Crippen MR) is 139 cm³/mol. The summed E-state index contributed by atoms with van der Waals surface area (Å²) in [5, 5.41) is 35.3. The molecule has 0 bridgehead atoms. The standard InChI is InChI=1S/C28H42N2O5/c1-2-3-8-28(34)30-25-12-9-22(10-13-25)15-18-35-17-7-5-4-6-16-29-20-27(33)23-11-14-26(32)24(19-23)21-31/h9-14,19,27,29,31-33H,2-8,15-18,20-21H2,1H3,(H,30,34). The van der Waals surface area contributed by atoms with E-state index in [1.807, 2.05) is 24.3 Å². The Labute approximate surface area is 209 Å². The van der Waals surface area contributed by atoms with Crippen molar-refractivity contribution in [2.45, 2.75) is 71.0 Å². The summed E-state index contributed by atoms with van der Waals surface area (Å²) >= 11 is 0. The number of hydrogen-bond acceptors (Lipinski definition) is 6. The molecule has 35 heavy (non-hydrogen) atoms. The van der Waals surface area contributed by atoms with Crippen LogP contribution >= 0.6 is 0 Å². The van der Waals surface area contributed by atoms with Gasteiger partial charge in [0.15, 0.2) is 0 Å². The predicted octanol–water partition coefficient (Wildman–Crippen LogP) is 4.46. The average Bonchev–Trinajstić information content (AvgIpc) is 2.87. The van der Waals surface area contributed by atoms with E-state index in [1.165, 1.54) is 11.6 Å². The molecular weight excluding hydrogens is 444 g/mol. The van der Waals surface area contributed by atoms with E-state index >= 15 is 0 Å². The van der Waals surface area contributed by atoms with Gasteiger partial charge in [0.1, 0.15) is 5.75 Å². The van der Waals surface area contributed by atoms with Crippen molar-refractivity contribution in [2.24, 2.45) is 0 Å². The van der Waals surface area contributed by atoms with E-state index in [0.717, 1.165) is 63.8 Å². The Morgan fingerprint density at radius 2 is 1.77 bits per heavy atom. The van der Waals surface area contributed by atoms with Gasteiger partial charge in [0.2, 0.25) is 5.91 Å². The number of aliphatic hydroxyl groups is 2. The number of hydrogen-bond donors (Lipinski definition) is 5. The molecule has 7 heteroatoms. The molecule has 0 spiro atoms. The number of benzene rings is 2. The molecule has 0 aliphatic rings. The summed E-state index contributed by atoms with van der Waals surface area (Å²) in [6.07, 6.45) is 6.96. The van der Waals surface area contributed by atoms with Gasteiger partial charge in [-0.3, -0.25) is 4.79 Å². The largest absolute Gasteiger partial charge is 0.508 e. The van der Waals surface area contributed by atoms with Crippen LogP contribution in [-0.2, 0) is 22.6 Å². The molecule has 0 saturated heterocycles. The summed E-state index contributed by atoms with van der Waals surface area (Å²) in [4.78, 5) is 11.8. The Bertz CT molecular complexity index is 857. The SMILES string of the molecule is CCCCC(=O)Nc1ccc(CCOCCCCCCNCC(O)c2ccc(O)c(CO)c2)cc1. The van der Waals surface area contributed by atoms with Gasteiger partial charge in [-0.1, -0.05) is 44.4 Å². The van der Waals surface area contributed by atoms with E-state index in [9.17, 15) is 20.1 Å². The zero-order chi connectivity index (χ0) is 25.3. The maximum atomic E-state index is 11.8. The first-order valence-corrected chi connectivity index (χ1v) is 12.8. The number of carbonyl (C=O) groups is 1. The fourth-order valence-corrected chi connectivity index (χ4v) is 3.71. The van der Waals surface area contributed by atoms with Crippen molar-refractivity contribution >= 4 is 11.6 Å².